The molecule has 0 N–H and O–H groups in total. The Kier molecular flexibility index (Phi) is 17.0. The number of unbranched alkanes of at least 4 members (excludes halogenated alkanes) is 13. The lowest BCUT2D eigenvalue weighted by Gasteiger charge is -2.28. The van der Waals surface area contributed by atoms with Gasteiger partial charge in [0.25, 0.3) is 0 Å². The van der Waals surface area contributed by atoms with Gasteiger partial charge in [-0.15, -0.1) is 0 Å². The van der Waals surface area contributed by atoms with Gasteiger partial charge in [-0.05, 0) is 12.8 Å². The van der Waals surface area contributed by atoms with Gasteiger partial charge in [0, 0.05) is 0 Å². The van der Waals surface area contributed by atoms with Crippen molar-refractivity contribution in [1.29, 1.82) is 0 Å². The minimum Gasteiger partial charge on any atom is -0.457 e. The number of rotatable bonds is 19. The molecule has 3 nitrogen and oxygen atoms in total. The fraction of sp³-hybridized carbons (Fsp3) is 0.870. The lowest BCUT2D eigenvalue weighted by Crippen LogP contribution is -2.45. The smallest absolute Gasteiger partial charge is 0.362 e. The molecule has 0 rings (SSSR count). The first-order valence-electron chi connectivity index (χ1n) is 11.1. The van der Waals surface area contributed by atoms with E-state index in [0.29, 0.717) is 17.6 Å². The molecule has 0 aromatic carbocycles. The summed E-state index contributed by atoms with van der Waals surface area (Å²) in [6.07, 6.45) is 20.9. The van der Waals surface area contributed by atoms with Crippen LogP contribution in [0.5, 0.6) is 0 Å². The van der Waals surface area contributed by atoms with Crippen LogP contribution in [0, 0.1) is 0 Å². The minimum atomic E-state index is -0.125. The van der Waals surface area contributed by atoms with Crippen LogP contribution in [0.2, 0.25) is 0 Å². The van der Waals surface area contributed by atoms with Crippen LogP contribution in [0.15, 0.2) is 12.7 Å². The Morgan fingerprint density at radius 2 is 1.23 bits per heavy atom. The lowest BCUT2D eigenvalue weighted by molar-refractivity contribution is -0.883. The third-order valence-electron chi connectivity index (χ3n) is 5.04. The van der Waals surface area contributed by atoms with Crippen molar-refractivity contribution in [3.63, 3.8) is 0 Å². The van der Waals surface area contributed by atoms with E-state index in [1.54, 1.807) is 6.08 Å². The molecule has 0 aromatic heterocycles. The zero-order valence-electron chi connectivity index (χ0n) is 18.1. The maximum absolute atomic E-state index is 11.7. The van der Waals surface area contributed by atoms with Crippen LogP contribution in [0.4, 0.5) is 0 Å². The highest BCUT2D eigenvalue weighted by Gasteiger charge is 2.20. The highest BCUT2D eigenvalue weighted by atomic mass is 16.5. The summed E-state index contributed by atoms with van der Waals surface area (Å²) in [5.74, 6) is -0.125. The molecule has 0 saturated carbocycles. The van der Waals surface area contributed by atoms with Gasteiger partial charge in [-0.1, -0.05) is 96.6 Å². The molecular weight excluding hydrogens is 322 g/mol. The van der Waals surface area contributed by atoms with Gasteiger partial charge in [0.15, 0.2) is 6.54 Å². The molecule has 3 heteroatoms. The van der Waals surface area contributed by atoms with Crippen molar-refractivity contribution in [3.05, 3.63) is 12.7 Å². The Labute approximate surface area is 163 Å². The SMILES string of the molecule is C=CCOC(=O)C[N+](C)(C)CCCCCCCCCCCCCCCC. The second-order valence-electron chi connectivity index (χ2n) is 8.39. The van der Waals surface area contributed by atoms with Crippen LogP contribution < -0.4 is 0 Å². The fourth-order valence-electron chi connectivity index (χ4n) is 3.36. The number of hydrogen-bond acceptors (Lipinski definition) is 2. The Balaban J connectivity index is 3.36. The number of likely N-dealkylation sites (N-methyl/N-ethyl adjacent to an activating group) is 1. The molecule has 0 unspecified atom stereocenters. The second-order valence-corrected chi connectivity index (χ2v) is 8.39. The van der Waals surface area contributed by atoms with Crippen LogP contribution in [-0.4, -0.2) is 44.2 Å². The maximum Gasteiger partial charge on any atom is 0.362 e. The van der Waals surface area contributed by atoms with E-state index in [1.165, 1.54) is 89.9 Å². The molecule has 0 bridgehead atoms. The van der Waals surface area contributed by atoms with Gasteiger partial charge in [-0.3, -0.25) is 0 Å². The van der Waals surface area contributed by atoms with E-state index in [-0.39, 0.29) is 5.97 Å². The van der Waals surface area contributed by atoms with E-state index in [2.05, 4.69) is 27.6 Å². The Bertz CT molecular complexity index is 339. The first kappa shape index (κ1) is 25.2. The van der Waals surface area contributed by atoms with Crippen molar-refractivity contribution >= 4 is 5.97 Å². The van der Waals surface area contributed by atoms with E-state index in [9.17, 15) is 4.79 Å². The maximum atomic E-state index is 11.7. The second kappa shape index (κ2) is 17.6. The molecule has 0 aromatic rings. The van der Waals surface area contributed by atoms with Gasteiger partial charge >= 0.3 is 5.97 Å². The lowest BCUT2D eigenvalue weighted by atomic mass is 10.0. The predicted molar refractivity (Wildman–Crippen MR) is 113 cm³/mol. The predicted octanol–water partition coefficient (Wildman–Crippen LogP) is 6.27. The van der Waals surface area contributed by atoms with E-state index >= 15 is 0 Å². The summed E-state index contributed by atoms with van der Waals surface area (Å²) in [5.41, 5.74) is 0. The molecule has 0 aliphatic heterocycles. The summed E-state index contributed by atoms with van der Waals surface area (Å²) in [6.45, 7) is 7.66. The summed E-state index contributed by atoms with van der Waals surface area (Å²) >= 11 is 0. The van der Waals surface area contributed by atoms with E-state index in [4.69, 9.17) is 4.74 Å². The molecule has 154 valence electrons. The van der Waals surface area contributed by atoms with Gasteiger partial charge in [-0.2, -0.15) is 0 Å². The molecule has 0 aliphatic rings. The summed E-state index contributed by atoms with van der Waals surface area (Å²) < 4.78 is 5.79. The number of quaternary nitrogens is 1. The van der Waals surface area contributed by atoms with Gasteiger partial charge in [0.05, 0.1) is 20.6 Å². The fourth-order valence-corrected chi connectivity index (χ4v) is 3.36. The number of esters is 1. The van der Waals surface area contributed by atoms with Crippen molar-refractivity contribution in [1.82, 2.24) is 0 Å². The van der Waals surface area contributed by atoms with Gasteiger partial charge in [0.1, 0.15) is 6.61 Å². The third-order valence-corrected chi connectivity index (χ3v) is 5.04. The van der Waals surface area contributed by atoms with Crippen LogP contribution in [0.1, 0.15) is 96.8 Å². The van der Waals surface area contributed by atoms with Gasteiger partial charge in [-0.25, -0.2) is 4.79 Å². The third kappa shape index (κ3) is 18.0. The van der Waals surface area contributed by atoms with E-state index < -0.39 is 0 Å². The molecular formula is C23H46NO2+. The molecule has 0 fully saturated rings. The summed E-state index contributed by atoms with van der Waals surface area (Å²) in [6, 6.07) is 0. The minimum absolute atomic E-state index is 0.125. The van der Waals surface area contributed by atoms with Gasteiger partial charge < -0.3 is 9.22 Å². The Morgan fingerprint density at radius 1 is 0.808 bits per heavy atom. The quantitative estimate of drug-likeness (QED) is 0.116. The Morgan fingerprint density at radius 3 is 1.65 bits per heavy atom. The van der Waals surface area contributed by atoms with Gasteiger partial charge in [0.2, 0.25) is 0 Å². The van der Waals surface area contributed by atoms with Crippen molar-refractivity contribution in [3.8, 4) is 0 Å². The van der Waals surface area contributed by atoms with Crippen molar-refractivity contribution < 1.29 is 14.0 Å². The molecule has 0 aliphatic carbocycles. The summed E-state index contributed by atoms with van der Waals surface area (Å²) in [4.78, 5) is 11.7. The van der Waals surface area contributed by atoms with Crippen molar-refractivity contribution in [2.45, 2.75) is 96.8 Å². The number of carbonyl (C=O) groups excluding carboxylic acids is 1. The van der Waals surface area contributed by atoms with Crippen molar-refractivity contribution in [2.75, 3.05) is 33.8 Å². The van der Waals surface area contributed by atoms with Crippen LogP contribution in [0.25, 0.3) is 0 Å². The molecule has 0 radical (unpaired) electrons. The van der Waals surface area contributed by atoms with Crippen LogP contribution >= 0.6 is 0 Å². The first-order chi connectivity index (χ1) is 12.5. The zero-order chi connectivity index (χ0) is 19.5. The monoisotopic (exact) mass is 368 g/mol. The number of nitrogens with zero attached hydrogens (tertiary/aromatic N) is 1. The van der Waals surface area contributed by atoms with Crippen LogP contribution in [0.3, 0.4) is 0 Å². The average Bonchev–Trinajstić information content (AvgIpc) is 2.59. The average molecular weight is 369 g/mol. The molecule has 0 spiro atoms. The number of hydrogen-bond donors (Lipinski definition) is 0. The normalized spacial score (nSPS) is 11.5. The summed E-state index contributed by atoms with van der Waals surface area (Å²) in [7, 11) is 4.22. The van der Waals surface area contributed by atoms with Crippen molar-refractivity contribution in [2.24, 2.45) is 0 Å². The molecule has 26 heavy (non-hydrogen) atoms. The topological polar surface area (TPSA) is 26.3 Å². The zero-order valence-corrected chi connectivity index (χ0v) is 18.1. The Hall–Kier alpha value is -0.830. The molecule has 0 heterocycles. The first-order valence-corrected chi connectivity index (χ1v) is 11.1. The number of carbonyl (C=O) groups is 1. The highest BCUT2D eigenvalue weighted by molar-refractivity contribution is 5.70. The molecule has 0 saturated heterocycles. The summed E-state index contributed by atoms with van der Waals surface area (Å²) in [5, 5.41) is 0. The largest absolute Gasteiger partial charge is 0.457 e. The van der Waals surface area contributed by atoms with E-state index in [0.717, 1.165) is 6.54 Å². The van der Waals surface area contributed by atoms with Crippen LogP contribution in [-0.2, 0) is 9.53 Å². The number of ether oxygens (including phenoxy) is 1. The molecule has 0 atom stereocenters. The highest BCUT2D eigenvalue weighted by Crippen LogP contribution is 2.13. The molecule has 0 amide bonds. The standard InChI is InChI=1S/C23H46NO2/c1-5-7-8-9-10-11-12-13-14-15-16-17-18-19-20-24(3,4)22-23(25)26-21-6-2/h6H,2,5,7-22H2,1,3-4H3/q+1. The van der Waals surface area contributed by atoms with E-state index in [1.807, 2.05) is 0 Å².